The Morgan fingerprint density at radius 3 is 2.29 bits per heavy atom. The Labute approximate surface area is 101 Å². The van der Waals surface area contributed by atoms with Crippen molar-refractivity contribution < 1.29 is 14.7 Å². The normalized spacial score (nSPS) is 27.4. The highest BCUT2D eigenvalue weighted by atomic mass is 16.4. The van der Waals surface area contributed by atoms with E-state index < -0.39 is 5.97 Å². The van der Waals surface area contributed by atoms with Crippen molar-refractivity contribution in [3.8, 4) is 0 Å². The van der Waals surface area contributed by atoms with Gasteiger partial charge >= 0.3 is 5.97 Å². The Kier molecular flexibility index (Phi) is 3.66. The molecule has 5 heteroatoms. The summed E-state index contributed by atoms with van der Waals surface area (Å²) in [4.78, 5) is 26.3. The Hall–Kier alpha value is -1.10. The predicted octanol–water partition coefficient (Wildman–Crippen LogP) is 0.546. The third-order valence-electron chi connectivity index (χ3n) is 3.96. The summed E-state index contributed by atoms with van der Waals surface area (Å²) in [5, 5.41) is 9.15. The molecule has 0 bridgehead atoms. The molecular formula is C12H20N2O3. The number of aliphatic carboxylic acids is 1. The highest BCUT2D eigenvalue weighted by Crippen LogP contribution is 2.26. The maximum atomic E-state index is 11.2. The van der Waals surface area contributed by atoms with E-state index in [9.17, 15) is 9.59 Å². The van der Waals surface area contributed by atoms with Crippen molar-refractivity contribution in [3.63, 3.8) is 0 Å². The van der Waals surface area contributed by atoms with Crippen LogP contribution in [0.4, 0.5) is 0 Å². The largest absolute Gasteiger partial charge is 0.480 e. The molecule has 0 aromatic rings. The van der Waals surface area contributed by atoms with E-state index in [1.807, 2.05) is 4.90 Å². The van der Waals surface area contributed by atoms with Crippen molar-refractivity contribution in [2.45, 2.75) is 44.7 Å². The molecule has 0 spiro atoms. The highest BCUT2D eigenvalue weighted by Gasteiger charge is 2.36. The maximum absolute atomic E-state index is 11.2. The molecule has 1 N–H and O–H groups in total. The standard InChI is InChI=1S/C12H20N2O3/c1-9(15)13-7-4-10(5-8-13)14-6-2-3-11(14)12(16)17/h10-11H,2-8H2,1H3,(H,16,17)/t11-/m0/s1. The van der Waals surface area contributed by atoms with Crippen LogP contribution in [0.25, 0.3) is 0 Å². The molecule has 0 aromatic carbocycles. The third kappa shape index (κ3) is 2.60. The molecule has 2 saturated heterocycles. The van der Waals surface area contributed by atoms with Crippen LogP contribution >= 0.6 is 0 Å². The van der Waals surface area contributed by atoms with Crippen LogP contribution < -0.4 is 0 Å². The van der Waals surface area contributed by atoms with Gasteiger partial charge in [-0.2, -0.15) is 0 Å². The number of carboxylic acids is 1. The molecule has 0 radical (unpaired) electrons. The van der Waals surface area contributed by atoms with E-state index in [0.717, 1.165) is 45.3 Å². The highest BCUT2D eigenvalue weighted by molar-refractivity contribution is 5.74. The first-order valence-corrected chi connectivity index (χ1v) is 6.33. The Balaban J connectivity index is 1.92. The number of likely N-dealkylation sites (tertiary alicyclic amines) is 2. The molecule has 2 aliphatic rings. The minimum Gasteiger partial charge on any atom is -0.480 e. The molecule has 0 aliphatic carbocycles. The van der Waals surface area contributed by atoms with Crippen LogP contribution in [-0.2, 0) is 9.59 Å². The lowest BCUT2D eigenvalue weighted by Gasteiger charge is -2.38. The zero-order valence-corrected chi connectivity index (χ0v) is 10.3. The van der Waals surface area contributed by atoms with E-state index in [4.69, 9.17) is 5.11 Å². The zero-order chi connectivity index (χ0) is 12.4. The Morgan fingerprint density at radius 2 is 1.76 bits per heavy atom. The first-order chi connectivity index (χ1) is 8.09. The van der Waals surface area contributed by atoms with Gasteiger partial charge in [0.2, 0.25) is 5.91 Å². The van der Waals surface area contributed by atoms with Crippen LogP contribution in [0.5, 0.6) is 0 Å². The van der Waals surface area contributed by atoms with Crippen molar-refractivity contribution in [1.29, 1.82) is 0 Å². The second-order valence-corrected chi connectivity index (χ2v) is 4.97. The number of piperidine rings is 1. The van der Waals surface area contributed by atoms with Gasteiger partial charge in [-0.1, -0.05) is 0 Å². The van der Waals surface area contributed by atoms with Gasteiger partial charge in [0.25, 0.3) is 0 Å². The molecule has 1 atom stereocenters. The average molecular weight is 240 g/mol. The predicted molar refractivity (Wildman–Crippen MR) is 62.6 cm³/mol. The fourth-order valence-electron chi connectivity index (χ4n) is 3.00. The minimum absolute atomic E-state index is 0.125. The Morgan fingerprint density at radius 1 is 1.12 bits per heavy atom. The van der Waals surface area contributed by atoms with E-state index in [-0.39, 0.29) is 11.9 Å². The minimum atomic E-state index is -0.698. The lowest BCUT2D eigenvalue weighted by molar-refractivity contribution is -0.144. The van der Waals surface area contributed by atoms with Gasteiger partial charge in [-0.05, 0) is 32.2 Å². The van der Waals surface area contributed by atoms with Crippen LogP contribution in [0.15, 0.2) is 0 Å². The summed E-state index contributed by atoms with van der Waals surface area (Å²) >= 11 is 0. The van der Waals surface area contributed by atoms with Crippen molar-refractivity contribution in [2.75, 3.05) is 19.6 Å². The molecule has 0 unspecified atom stereocenters. The SMILES string of the molecule is CC(=O)N1CCC(N2CCC[C@H]2C(=O)O)CC1. The molecule has 17 heavy (non-hydrogen) atoms. The smallest absolute Gasteiger partial charge is 0.320 e. The fraction of sp³-hybridized carbons (Fsp3) is 0.833. The molecule has 2 rings (SSSR count). The van der Waals surface area contributed by atoms with E-state index in [2.05, 4.69) is 4.90 Å². The van der Waals surface area contributed by atoms with Crippen LogP contribution in [0.2, 0.25) is 0 Å². The van der Waals surface area contributed by atoms with E-state index in [1.54, 1.807) is 6.92 Å². The molecule has 2 fully saturated rings. The fourth-order valence-corrected chi connectivity index (χ4v) is 3.00. The number of hydrogen-bond acceptors (Lipinski definition) is 3. The lowest BCUT2D eigenvalue weighted by Crippen LogP contribution is -2.49. The van der Waals surface area contributed by atoms with Crippen molar-refractivity contribution in [2.24, 2.45) is 0 Å². The quantitative estimate of drug-likeness (QED) is 0.765. The number of hydrogen-bond donors (Lipinski definition) is 1. The maximum Gasteiger partial charge on any atom is 0.320 e. The van der Waals surface area contributed by atoms with Gasteiger partial charge < -0.3 is 10.0 Å². The average Bonchev–Trinajstić information content (AvgIpc) is 2.78. The number of carbonyl (C=O) groups excluding carboxylic acids is 1. The number of amides is 1. The van der Waals surface area contributed by atoms with Crippen molar-refractivity contribution in [1.82, 2.24) is 9.80 Å². The summed E-state index contributed by atoms with van der Waals surface area (Å²) in [6, 6.07) is 0.0399. The lowest BCUT2D eigenvalue weighted by atomic mass is 10.0. The van der Waals surface area contributed by atoms with Crippen LogP contribution in [0, 0.1) is 0 Å². The number of carboxylic acid groups (broad SMARTS) is 1. The topological polar surface area (TPSA) is 60.9 Å². The summed E-state index contributed by atoms with van der Waals surface area (Å²) in [5.74, 6) is -0.573. The third-order valence-corrected chi connectivity index (χ3v) is 3.96. The van der Waals surface area contributed by atoms with Gasteiger partial charge in [-0.25, -0.2) is 0 Å². The summed E-state index contributed by atoms with van der Waals surface area (Å²) in [5.41, 5.74) is 0. The number of rotatable bonds is 2. The second-order valence-electron chi connectivity index (χ2n) is 4.97. The molecular weight excluding hydrogens is 220 g/mol. The molecule has 96 valence electrons. The second kappa shape index (κ2) is 5.04. The summed E-state index contributed by atoms with van der Waals surface area (Å²) in [6.45, 7) is 4.02. The van der Waals surface area contributed by atoms with Gasteiger partial charge in [0.05, 0.1) is 0 Å². The molecule has 2 aliphatic heterocycles. The summed E-state index contributed by atoms with van der Waals surface area (Å²) in [6.07, 6.45) is 3.55. The van der Waals surface area contributed by atoms with Gasteiger partial charge in [0, 0.05) is 26.1 Å². The molecule has 1 amide bonds. The van der Waals surface area contributed by atoms with Gasteiger partial charge in [-0.3, -0.25) is 14.5 Å². The van der Waals surface area contributed by atoms with Crippen LogP contribution in [-0.4, -0.2) is 58.5 Å². The first-order valence-electron chi connectivity index (χ1n) is 6.33. The van der Waals surface area contributed by atoms with Crippen molar-refractivity contribution >= 4 is 11.9 Å². The first kappa shape index (κ1) is 12.4. The van der Waals surface area contributed by atoms with Crippen molar-refractivity contribution in [3.05, 3.63) is 0 Å². The van der Waals surface area contributed by atoms with Crippen LogP contribution in [0.3, 0.4) is 0 Å². The van der Waals surface area contributed by atoms with E-state index in [0.29, 0.717) is 6.04 Å². The molecule has 2 heterocycles. The number of carbonyl (C=O) groups is 2. The summed E-state index contributed by atoms with van der Waals surface area (Å²) in [7, 11) is 0. The monoisotopic (exact) mass is 240 g/mol. The number of nitrogens with zero attached hydrogens (tertiary/aromatic N) is 2. The van der Waals surface area contributed by atoms with Gasteiger partial charge in [0.1, 0.15) is 6.04 Å². The zero-order valence-electron chi connectivity index (χ0n) is 10.3. The van der Waals surface area contributed by atoms with E-state index >= 15 is 0 Å². The summed E-state index contributed by atoms with van der Waals surface area (Å²) < 4.78 is 0. The van der Waals surface area contributed by atoms with Gasteiger partial charge in [-0.15, -0.1) is 0 Å². The Bertz CT molecular complexity index is 311. The molecule has 0 aromatic heterocycles. The van der Waals surface area contributed by atoms with Crippen LogP contribution in [0.1, 0.15) is 32.6 Å². The van der Waals surface area contributed by atoms with Gasteiger partial charge in [0.15, 0.2) is 0 Å². The molecule has 0 saturated carbocycles. The molecule has 5 nitrogen and oxygen atoms in total. The van der Waals surface area contributed by atoms with E-state index in [1.165, 1.54) is 0 Å².